The molecule has 2 aromatic rings. The van der Waals surface area contributed by atoms with Gasteiger partial charge in [-0.1, -0.05) is 48.5 Å². The van der Waals surface area contributed by atoms with Crippen molar-refractivity contribution in [1.29, 1.82) is 0 Å². The predicted molar refractivity (Wildman–Crippen MR) is 116 cm³/mol. The Bertz CT molecular complexity index is 978. The van der Waals surface area contributed by atoms with Crippen LogP contribution in [0.5, 0.6) is 0 Å². The van der Waals surface area contributed by atoms with Gasteiger partial charge < -0.3 is 25.6 Å². The van der Waals surface area contributed by atoms with E-state index in [1.54, 1.807) is 0 Å². The third kappa shape index (κ3) is 4.45. The number of carboxylic acids is 1. The number of carboxylic acid groups (broad SMARTS) is 1. The van der Waals surface area contributed by atoms with Crippen molar-refractivity contribution in [2.24, 2.45) is 5.92 Å². The van der Waals surface area contributed by atoms with Gasteiger partial charge in [0, 0.05) is 17.9 Å². The maximum absolute atomic E-state index is 12.4. The Kier molecular flexibility index (Phi) is 6.41. The van der Waals surface area contributed by atoms with Gasteiger partial charge in [0.05, 0.1) is 6.61 Å². The normalized spacial score (nSPS) is 20.2. The van der Waals surface area contributed by atoms with Gasteiger partial charge in [-0.15, -0.1) is 0 Å². The average molecular weight is 438 g/mol. The summed E-state index contributed by atoms with van der Waals surface area (Å²) in [5, 5.41) is 23.2. The summed E-state index contributed by atoms with van der Waals surface area (Å²) in [5.41, 5.74) is 4.58. The van der Waals surface area contributed by atoms with E-state index < -0.39 is 36.5 Å². The molecule has 1 fully saturated rings. The molecule has 8 heteroatoms. The van der Waals surface area contributed by atoms with Crippen LogP contribution in [0.15, 0.2) is 48.5 Å². The summed E-state index contributed by atoms with van der Waals surface area (Å²) in [7, 11) is 0. The summed E-state index contributed by atoms with van der Waals surface area (Å²) in [6.45, 7) is -0.456. The van der Waals surface area contributed by atoms with Crippen molar-refractivity contribution >= 4 is 18.0 Å². The van der Waals surface area contributed by atoms with Gasteiger partial charge in [0.15, 0.2) is 0 Å². The van der Waals surface area contributed by atoms with Gasteiger partial charge >= 0.3 is 12.1 Å². The fourth-order valence-corrected chi connectivity index (χ4v) is 4.63. The highest BCUT2D eigenvalue weighted by molar-refractivity contribution is 5.85. The molecule has 1 saturated carbocycles. The fourth-order valence-electron chi connectivity index (χ4n) is 4.63. The number of nitrogens with one attached hydrogen (secondary N) is 2. The standard InChI is InChI=1S/C24H26N2O6/c27-12-21(23(29)30)26-22(28)14-9-10-15(11-14)25-24(31)32-13-20-18-7-3-1-5-16(18)17-6-2-4-8-19(17)20/h1-8,14-15,20-21,27H,9-13H2,(H,25,31)(H,26,28)(H,29,30)/t14-,15+,21-/m0/s1. The Morgan fingerprint density at radius 3 is 2.22 bits per heavy atom. The molecular weight excluding hydrogens is 412 g/mol. The van der Waals surface area contributed by atoms with E-state index in [-0.39, 0.29) is 18.6 Å². The van der Waals surface area contributed by atoms with Gasteiger partial charge in [-0.25, -0.2) is 9.59 Å². The number of alkyl carbamates (subject to hydrolysis) is 1. The number of benzene rings is 2. The lowest BCUT2D eigenvalue weighted by Crippen LogP contribution is -2.45. The predicted octanol–water partition coefficient (Wildman–Crippen LogP) is 2.26. The van der Waals surface area contributed by atoms with Crippen molar-refractivity contribution < 1.29 is 29.3 Å². The van der Waals surface area contributed by atoms with Crippen molar-refractivity contribution in [1.82, 2.24) is 10.6 Å². The number of aliphatic hydroxyl groups is 1. The van der Waals surface area contributed by atoms with Crippen LogP contribution < -0.4 is 10.6 Å². The number of hydrogen-bond donors (Lipinski definition) is 4. The molecule has 3 atom stereocenters. The highest BCUT2D eigenvalue weighted by Gasteiger charge is 2.34. The van der Waals surface area contributed by atoms with Crippen molar-refractivity contribution in [3.8, 4) is 11.1 Å². The zero-order chi connectivity index (χ0) is 22.7. The molecular formula is C24H26N2O6. The molecule has 0 spiro atoms. The maximum Gasteiger partial charge on any atom is 0.407 e. The molecule has 2 aromatic carbocycles. The molecule has 0 aromatic heterocycles. The van der Waals surface area contributed by atoms with Crippen LogP contribution in [-0.2, 0) is 14.3 Å². The molecule has 0 saturated heterocycles. The lowest BCUT2D eigenvalue weighted by atomic mass is 9.98. The lowest BCUT2D eigenvalue weighted by Gasteiger charge is -2.17. The minimum absolute atomic E-state index is 0.0262. The second-order valence-corrected chi connectivity index (χ2v) is 8.26. The van der Waals surface area contributed by atoms with E-state index in [1.807, 2.05) is 24.3 Å². The molecule has 0 unspecified atom stereocenters. The minimum atomic E-state index is -1.32. The van der Waals surface area contributed by atoms with E-state index in [0.717, 1.165) is 22.3 Å². The van der Waals surface area contributed by atoms with Gasteiger partial charge in [-0.2, -0.15) is 0 Å². The fraction of sp³-hybridized carbons (Fsp3) is 0.375. The number of hydrogen-bond acceptors (Lipinski definition) is 5. The summed E-state index contributed by atoms with van der Waals surface area (Å²) in [6.07, 6.45) is 0.988. The third-order valence-electron chi connectivity index (χ3n) is 6.27. The first kappa shape index (κ1) is 21.8. The molecule has 4 N–H and O–H groups in total. The molecule has 0 heterocycles. The molecule has 168 valence electrons. The molecule has 0 bridgehead atoms. The van der Waals surface area contributed by atoms with Crippen molar-refractivity contribution in [2.75, 3.05) is 13.2 Å². The Morgan fingerprint density at radius 2 is 1.62 bits per heavy atom. The number of amides is 2. The number of ether oxygens (including phenoxy) is 1. The molecule has 0 aliphatic heterocycles. The van der Waals surface area contributed by atoms with Crippen molar-refractivity contribution in [2.45, 2.75) is 37.3 Å². The molecule has 0 radical (unpaired) electrons. The summed E-state index contributed by atoms with van der Waals surface area (Å²) in [4.78, 5) is 35.7. The van der Waals surface area contributed by atoms with E-state index in [4.69, 9.17) is 14.9 Å². The van der Waals surface area contributed by atoms with Gasteiger partial charge in [-0.05, 0) is 41.5 Å². The van der Waals surface area contributed by atoms with Crippen LogP contribution in [-0.4, -0.2) is 53.5 Å². The van der Waals surface area contributed by atoms with Gasteiger partial charge in [0.25, 0.3) is 0 Å². The topological polar surface area (TPSA) is 125 Å². The summed E-state index contributed by atoms with van der Waals surface area (Å²) in [6, 6.07) is 14.7. The smallest absolute Gasteiger partial charge is 0.407 e. The van der Waals surface area contributed by atoms with E-state index in [0.29, 0.717) is 19.3 Å². The van der Waals surface area contributed by atoms with Crippen LogP contribution in [0.1, 0.15) is 36.3 Å². The SMILES string of the molecule is O=C(N[C@@H]1CC[C@H](C(=O)N[C@@H](CO)C(=O)O)C1)OCC1c2ccccc2-c2ccccc21. The second kappa shape index (κ2) is 9.40. The Hall–Kier alpha value is -3.39. The largest absolute Gasteiger partial charge is 0.480 e. The Labute approximate surface area is 185 Å². The summed E-state index contributed by atoms with van der Waals surface area (Å²) >= 11 is 0. The number of carbonyl (C=O) groups excluding carboxylic acids is 2. The molecule has 4 rings (SSSR count). The van der Waals surface area contributed by atoms with E-state index >= 15 is 0 Å². The Morgan fingerprint density at radius 1 is 1.00 bits per heavy atom. The lowest BCUT2D eigenvalue weighted by molar-refractivity contribution is -0.143. The van der Waals surface area contributed by atoms with Crippen LogP contribution >= 0.6 is 0 Å². The number of carbonyl (C=O) groups is 3. The Balaban J connectivity index is 1.30. The zero-order valence-corrected chi connectivity index (χ0v) is 17.5. The summed E-state index contributed by atoms with van der Waals surface area (Å²) in [5.74, 6) is -2.15. The van der Waals surface area contributed by atoms with Crippen LogP contribution in [0.4, 0.5) is 4.79 Å². The molecule has 2 aliphatic rings. The highest BCUT2D eigenvalue weighted by atomic mass is 16.5. The highest BCUT2D eigenvalue weighted by Crippen LogP contribution is 2.44. The van der Waals surface area contributed by atoms with Crippen LogP contribution in [0, 0.1) is 5.92 Å². The monoisotopic (exact) mass is 438 g/mol. The van der Waals surface area contributed by atoms with Crippen molar-refractivity contribution in [3.63, 3.8) is 0 Å². The molecule has 2 aliphatic carbocycles. The number of aliphatic hydroxyl groups excluding tert-OH is 1. The first-order valence-corrected chi connectivity index (χ1v) is 10.7. The van der Waals surface area contributed by atoms with Crippen molar-refractivity contribution in [3.05, 3.63) is 59.7 Å². The van der Waals surface area contributed by atoms with Crippen LogP contribution in [0.2, 0.25) is 0 Å². The van der Waals surface area contributed by atoms with E-state index in [2.05, 4.69) is 34.9 Å². The number of aliphatic carboxylic acids is 1. The summed E-state index contributed by atoms with van der Waals surface area (Å²) < 4.78 is 5.55. The molecule has 32 heavy (non-hydrogen) atoms. The molecule has 2 amide bonds. The van der Waals surface area contributed by atoms with Gasteiger partial charge in [0.2, 0.25) is 5.91 Å². The first-order valence-electron chi connectivity index (χ1n) is 10.7. The quantitative estimate of drug-likeness (QED) is 0.526. The minimum Gasteiger partial charge on any atom is -0.480 e. The first-order chi connectivity index (χ1) is 15.5. The average Bonchev–Trinajstić information content (AvgIpc) is 3.38. The maximum atomic E-state index is 12.4. The second-order valence-electron chi connectivity index (χ2n) is 8.26. The van der Waals surface area contributed by atoms with Crippen LogP contribution in [0.3, 0.4) is 0 Å². The van der Waals surface area contributed by atoms with E-state index in [9.17, 15) is 14.4 Å². The van der Waals surface area contributed by atoms with Gasteiger partial charge in [0.1, 0.15) is 12.6 Å². The number of fused-ring (bicyclic) bond motifs is 3. The van der Waals surface area contributed by atoms with Crippen LogP contribution in [0.25, 0.3) is 11.1 Å². The molecule has 8 nitrogen and oxygen atoms in total. The van der Waals surface area contributed by atoms with Gasteiger partial charge in [-0.3, -0.25) is 4.79 Å². The third-order valence-corrected chi connectivity index (χ3v) is 6.27. The van der Waals surface area contributed by atoms with E-state index in [1.165, 1.54) is 0 Å². The zero-order valence-electron chi connectivity index (χ0n) is 17.5. The number of rotatable bonds is 7.